The first-order valence-electron chi connectivity index (χ1n) is 14.1. The quantitative estimate of drug-likeness (QED) is 0.395. The van der Waals surface area contributed by atoms with Crippen LogP contribution >= 0.6 is 0 Å². The Hall–Kier alpha value is -3.48. The van der Waals surface area contributed by atoms with Gasteiger partial charge in [-0.05, 0) is 81.2 Å². The number of nitrogens with one attached hydrogen (secondary N) is 1. The highest BCUT2D eigenvalue weighted by molar-refractivity contribution is 7.89. The molecule has 0 bridgehead atoms. The Labute approximate surface area is 240 Å². The van der Waals surface area contributed by atoms with Gasteiger partial charge in [0.1, 0.15) is 0 Å². The van der Waals surface area contributed by atoms with Crippen LogP contribution in [0.4, 0.5) is 5.69 Å². The summed E-state index contributed by atoms with van der Waals surface area (Å²) >= 11 is 0. The van der Waals surface area contributed by atoms with Crippen LogP contribution in [0.5, 0.6) is 11.5 Å². The summed E-state index contributed by atoms with van der Waals surface area (Å²) in [4.78, 5) is 19.9. The lowest BCUT2D eigenvalue weighted by molar-refractivity contribution is -0.121. The molecule has 41 heavy (non-hydrogen) atoms. The second-order valence-electron chi connectivity index (χ2n) is 10.5. The van der Waals surface area contributed by atoms with Crippen LogP contribution in [-0.2, 0) is 21.4 Å². The van der Waals surface area contributed by atoms with Gasteiger partial charge < -0.3 is 19.3 Å². The Balaban J connectivity index is 1.11. The molecule has 2 aromatic carbocycles. The van der Waals surface area contributed by atoms with Gasteiger partial charge in [-0.3, -0.25) is 9.69 Å². The number of hydrogen-bond donors (Lipinski definition) is 1. The topological polar surface area (TPSA) is 127 Å². The third-order valence-electron chi connectivity index (χ3n) is 7.75. The average molecular weight is 584 g/mol. The number of anilines is 1. The van der Waals surface area contributed by atoms with E-state index in [1.165, 1.54) is 0 Å². The number of piperidine rings is 1. The van der Waals surface area contributed by atoms with E-state index in [2.05, 4.69) is 20.4 Å². The molecule has 0 spiro atoms. The Morgan fingerprint density at radius 3 is 2.29 bits per heavy atom. The minimum absolute atomic E-state index is 0.0543. The molecule has 0 saturated carbocycles. The van der Waals surface area contributed by atoms with Crippen LogP contribution in [0, 0.1) is 5.92 Å². The normalized spacial score (nSPS) is 17.6. The summed E-state index contributed by atoms with van der Waals surface area (Å²) < 4.78 is 43.7. The average Bonchev–Trinajstić information content (AvgIpc) is 3.27. The highest BCUT2D eigenvalue weighted by atomic mass is 32.2. The fraction of sp³-hybridized carbons (Fsp3) is 0.483. The van der Waals surface area contributed by atoms with Gasteiger partial charge >= 0.3 is 0 Å². The van der Waals surface area contributed by atoms with Crippen molar-refractivity contribution in [2.75, 3.05) is 45.7 Å². The van der Waals surface area contributed by atoms with Crippen LogP contribution in [0.3, 0.4) is 0 Å². The van der Waals surface area contributed by atoms with Crippen LogP contribution in [0.1, 0.15) is 44.4 Å². The molecule has 12 heteroatoms. The van der Waals surface area contributed by atoms with Crippen LogP contribution in [-0.4, -0.2) is 74.1 Å². The zero-order valence-corrected chi connectivity index (χ0v) is 24.4. The Kier molecular flexibility index (Phi) is 9.21. The third-order valence-corrected chi connectivity index (χ3v) is 9.66. The molecule has 1 aromatic heterocycles. The van der Waals surface area contributed by atoms with Crippen LogP contribution in [0.15, 0.2) is 51.9 Å². The van der Waals surface area contributed by atoms with Gasteiger partial charge in [-0.15, -0.1) is 0 Å². The van der Waals surface area contributed by atoms with Crippen LogP contribution in [0.2, 0.25) is 0 Å². The number of methoxy groups -OCH3 is 2. The van der Waals surface area contributed by atoms with Crippen LogP contribution < -0.4 is 14.8 Å². The third kappa shape index (κ3) is 6.88. The van der Waals surface area contributed by atoms with Crippen molar-refractivity contribution >= 4 is 21.6 Å². The first-order valence-corrected chi connectivity index (χ1v) is 15.5. The number of benzene rings is 2. The number of carbonyl (C=O) groups excluding carboxylic acids is 1. The molecule has 2 fully saturated rings. The van der Waals surface area contributed by atoms with Gasteiger partial charge in [-0.25, -0.2) is 8.42 Å². The van der Waals surface area contributed by atoms with Crippen molar-refractivity contribution in [2.24, 2.45) is 5.92 Å². The van der Waals surface area contributed by atoms with E-state index in [4.69, 9.17) is 14.0 Å². The van der Waals surface area contributed by atoms with Gasteiger partial charge in [0.25, 0.3) is 0 Å². The molecule has 11 nitrogen and oxygen atoms in total. The molecule has 2 aliphatic rings. The Bertz CT molecular complexity index is 1430. The van der Waals surface area contributed by atoms with E-state index in [1.807, 2.05) is 6.07 Å². The van der Waals surface area contributed by atoms with Gasteiger partial charge in [0.05, 0.1) is 25.7 Å². The Morgan fingerprint density at radius 1 is 0.951 bits per heavy atom. The first kappa shape index (κ1) is 29.0. The van der Waals surface area contributed by atoms with E-state index in [0.29, 0.717) is 61.4 Å². The molecule has 5 rings (SSSR count). The lowest BCUT2D eigenvalue weighted by Crippen LogP contribution is -2.37. The monoisotopic (exact) mass is 583 g/mol. The lowest BCUT2D eigenvalue weighted by Gasteiger charge is -2.30. The fourth-order valence-corrected chi connectivity index (χ4v) is 6.86. The Morgan fingerprint density at radius 2 is 1.63 bits per heavy atom. The molecule has 1 N–H and O–H groups in total. The molecule has 0 aliphatic carbocycles. The fourth-order valence-electron chi connectivity index (χ4n) is 5.34. The van der Waals surface area contributed by atoms with Crippen molar-refractivity contribution in [3.63, 3.8) is 0 Å². The molecule has 1 amide bonds. The first-order chi connectivity index (χ1) is 19.9. The number of hydrogen-bond acceptors (Lipinski definition) is 9. The number of likely N-dealkylation sites (tertiary alicyclic amines) is 1. The van der Waals surface area contributed by atoms with E-state index in [9.17, 15) is 13.2 Å². The molecular weight excluding hydrogens is 546 g/mol. The summed E-state index contributed by atoms with van der Waals surface area (Å²) in [6.07, 6.45) is 5.31. The number of rotatable bonds is 9. The van der Waals surface area contributed by atoms with Gasteiger partial charge in [0.15, 0.2) is 11.5 Å². The summed E-state index contributed by atoms with van der Waals surface area (Å²) in [5.41, 5.74) is 1.36. The molecule has 3 aromatic rings. The predicted octanol–water partition coefficient (Wildman–Crippen LogP) is 4.17. The maximum absolute atomic E-state index is 13.0. The number of ether oxygens (including phenoxy) is 2. The van der Waals surface area contributed by atoms with Crippen molar-refractivity contribution in [1.82, 2.24) is 19.3 Å². The number of carbonyl (C=O) groups is 1. The summed E-state index contributed by atoms with van der Waals surface area (Å²) in [7, 11) is -0.356. The number of aromatic nitrogens is 2. The van der Waals surface area contributed by atoms with Gasteiger partial charge in [-0.1, -0.05) is 18.0 Å². The molecule has 2 aliphatic heterocycles. The SMILES string of the molecule is COc1ccc(-c2noc(CN3CCC(C(=O)Nc4ccc(S(=O)(=O)N5CCCCCC5)cc4)CC3)n2)cc1OC. The van der Waals surface area contributed by atoms with E-state index in [0.717, 1.165) is 44.3 Å². The zero-order chi connectivity index (χ0) is 28.8. The molecule has 3 heterocycles. The van der Waals surface area contributed by atoms with E-state index >= 15 is 0 Å². The molecule has 0 unspecified atom stereocenters. The second-order valence-corrected chi connectivity index (χ2v) is 12.4. The lowest BCUT2D eigenvalue weighted by atomic mass is 9.96. The maximum atomic E-state index is 13.0. The number of amides is 1. The summed E-state index contributed by atoms with van der Waals surface area (Å²) in [5, 5.41) is 7.07. The minimum Gasteiger partial charge on any atom is -0.493 e. The van der Waals surface area contributed by atoms with Gasteiger partial charge in [0, 0.05) is 30.3 Å². The van der Waals surface area contributed by atoms with Crippen molar-refractivity contribution in [3.05, 3.63) is 48.4 Å². The standard InChI is InChI=1S/C29H37N5O6S/c1-38-25-12-7-22(19-26(25)39-2)28-31-27(40-32-28)20-33-17-13-21(14-18-33)29(35)30-23-8-10-24(11-9-23)41(36,37)34-15-5-3-4-6-16-34/h7-12,19,21H,3-6,13-18,20H2,1-2H3,(H,30,35). The smallest absolute Gasteiger partial charge is 0.243 e. The van der Waals surface area contributed by atoms with Crippen molar-refractivity contribution in [2.45, 2.75) is 50.0 Å². The zero-order valence-electron chi connectivity index (χ0n) is 23.5. The minimum atomic E-state index is -3.52. The predicted molar refractivity (Wildman–Crippen MR) is 153 cm³/mol. The number of sulfonamides is 1. The van der Waals surface area contributed by atoms with Crippen LogP contribution in [0.25, 0.3) is 11.4 Å². The maximum Gasteiger partial charge on any atom is 0.243 e. The molecular formula is C29H37N5O6S. The van der Waals surface area contributed by atoms with E-state index < -0.39 is 10.0 Å². The van der Waals surface area contributed by atoms with Crippen molar-refractivity contribution < 1.29 is 27.2 Å². The van der Waals surface area contributed by atoms with Gasteiger partial charge in [0.2, 0.25) is 27.6 Å². The summed E-state index contributed by atoms with van der Waals surface area (Å²) in [5.74, 6) is 2.01. The second kappa shape index (κ2) is 13.0. The number of nitrogens with zero attached hydrogens (tertiary/aromatic N) is 4. The van der Waals surface area contributed by atoms with E-state index in [-0.39, 0.29) is 16.7 Å². The van der Waals surface area contributed by atoms with E-state index in [1.54, 1.807) is 54.9 Å². The summed E-state index contributed by atoms with van der Waals surface area (Å²) in [6, 6.07) is 12.0. The van der Waals surface area contributed by atoms with Crippen molar-refractivity contribution in [1.29, 1.82) is 0 Å². The molecule has 0 radical (unpaired) electrons. The van der Waals surface area contributed by atoms with Gasteiger partial charge in [-0.2, -0.15) is 9.29 Å². The largest absolute Gasteiger partial charge is 0.493 e. The van der Waals surface area contributed by atoms with Crippen molar-refractivity contribution in [3.8, 4) is 22.9 Å². The highest BCUT2D eigenvalue weighted by Crippen LogP contribution is 2.31. The molecule has 220 valence electrons. The highest BCUT2D eigenvalue weighted by Gasteiger charge is 2.27. The summed E-state index contributed by atoms with van der Waals surface area (Å²) in [6.45, 7) is 3.07. The molecule has 2 saturated heterocycles. The molecule has 0 atom stereocenters.